The summed E-state index contributed by atoms with van der Waals surface area (Å²) in [5, 5.41) is 0. The molecule has 96 valence electrons. The molecular weight excluding hydrogens is 216 g/mol. The molecule has 0 bridgehead atoms. The van der Waals surface area contributed by atoms with Crippen LogP contribution in [0.5, 0.6) is 11.5 Å². The van der Waals surface area contributed by atoms with Crippen molar-refractivity contribution < 1.29 is 9.47 Å². The van der Waals surface area contributed by atoms with E-state index in [1.807, 2.05) is 19.1 Å². The normalized spacial score (nSPS) is 12.3. The van der Waals surface area contributed by atoms with Gasteiger partial charge in [-0.15, -0.1) is 0 Å². The second kappa shape index (κ2) is 6.47. The molecule has 0 fully saturated rings. The highest BCUT2D eigenvalue weighted by Crippen LogP contribution is 2.36. The van der Waals surface area contributed by atoms with Crippen LogP contribution in [0.3, 0.4) is 0 Å². The van der Waals surface area contributed by atoms with Gasteiger partial charge in [0.05, 0.1) is 19.8 Å². The van der Waals surface area contributed by atoms with E-state index in [1.165, 1.54) is 0 Å². The van der Waals surface area contributed by atoms with E-state index in [0.29, 0.717) is 6.54 Å². The van der Waals surface area contributed by atoms with Crippen molar-refractivity contribution in [2.45, 2.75) is 25.8 Å². The lowest BCUT2D eigenvalue weighted by Crippen LogP contribution is -2.15. The largest absolute Gasteiger partial charge is 0.496 e. The molecule has 1 aromatic carbocycles. The van der Waals surface area contributed by atoms with Crippen molar-refractivity contribution >= 4 is 0 Å². The molecular formula is C13H22N2O2. The van der Waals surface area contributed by atoms with E-state index in [-0.39, 0.29) is 6.04 Å². The molecule has 4 heteroatoms. The van der Waals surface area contributed by atoms with Crippen LogP contribution in [0, 0.1) is 6.92 Å². The van der Waals surface area contributed by atoms with Gasteiger partial charge in [-0.1, -0.05) is 0 Å². The van der Waals surface area contributed by atoms with E-state index in [4.69, 9.17) is 20.9 Å². The number of benzene rings is 1. The number of methoxy groups -OCH3 is 2. The van der Waals surface area contributed by atoms with Crippen LogP contribution in [0.25, 0.3) is 0 Å². The maximum atomic E-state index is 6.17. The van der Waals surface area contributed by atoms with E-state index in [2.05, 4.69) is 0 Å². The molecule has 1 rings (SSSR count). The highest BCUT2D eigenvalue weighted by Gasteiger charge is 2.17. The predicted octanol–water partition coefficient (Wildman–Crippen LogP) is 1.75. The van der Waals surface area contributed by atoms with E-state index in [9.17, 15) is 0 Å². The highest BCUT2D eigenvalue weighted by molar-refractivity contribution is 5.49. The van der Waals surface area contributed by atoms with Crippen molar-refractivity contribution in [1.82, 2.24) is 0 Å². The van der Waals surface area contributed by atoms with Gasteiger partial charge in [-0.3, -0.25) is 0 Å². The smallest absolute Gasteiger partial charge is 0.127 e. The Kier molecular flexibility index (Phi) is 5.25. The summed E-state index contributed by atoms with van der Waals surface area (Å²) < 4.78 is 10.8. The van der Waals surface area contributed by atoms with Gasteiger partial charge in [-0.25, -0.2) is 0 Å². The fourth-order valence-electron chi connectivity index (χ4n) is 1.92. The molecule has 0 radical (unpaired) electrons. The number of nitrogens with two attached hydrogens (primary N) is 2. The molecule has 1 atom stereocenters. The number of hydrogen-bond acceptors (Lipinski definition) is 4. The zero-order chi connectivity index (χ0) is 12.8. The first kappa shape index (κ1) is 13.8. The lowest BCUT2D eigenvalue weighted by Gasteiger charge is -2.19. The van der Waals surface area contributed by atoms with Gasteiger partial charge in [-0.05, 0) is 44.0 Å². The Morgan fingerprint density at radius 1 is 1.18 bits per heavy atom. The van der Waals surface area contributed by atoms with E-state index >= 15 is 0 Å². The molecule has 0 aliphatic rings. The Morgan fingerprint density at radius 3 is 2.12 bits per heavy atom. The molecule has 0 saturated heterocycles. The summed E-state index contributed by atoms with van der Waals surface area (Å²) in [6.45, 7) is 2.64. The quantitative estimate of drug-likeness (QED) is 0.792. The highest BCUT2D eigenvalue weighted by atomic mass is 16.5. The Morgan fingerprint density at radius 2 is 1.71 bits per heavy atom. The van der Waals surface area contributed by atoms with Gasteiger partial charge < -0.3 is 20.9 Å². The third-order valence-corrected chi connectivity index (χ3v) is 2.78. The minimum atomic E-state index is -0.107. The molecule has 4 nitrogen and oxygen atoms in total. The summed E-state index contributed by atoms with van der Waals surface area (Å²) in [5.41, 5.74) is 13.7. The lowest BCUT2D eigenvalue weighted by atomic mass is 9.99. The first-order valence-corrected chi connectivity index (χ1v) is 5.82. The molecule has 0 heterocycles. The molecule has 0 saturated carbocycles. The van der Waals surface area contributed by atoms with E-state index in [0.717, 1.165) is 35.5 Å². The molecule has 0 aliphatic carbocycles. The zero-order valence-corrected chi connectivity index (χ0v) is 10.8. The van der Waals surface area contributed by atoms with Crippen molar-refractivity contribution in [2.24, 2.45) is 11.5 Å². The molecule has 0 amide bonds. The van der Waals surface area contributed by atoms with Crippen LogP contribution in [0.2, 0.25) is 0 Å². The molecule has 0 aromatic heterocycles. The summed E-state index contributed by atoms with van der Waals surface area (Å²) in [7, 11) is 3.29. The van der Waals surface area contributed by atoms with Crippen molar-refractivity contribution in [1.29, 1.82) is 0 Å². The number of aryl methyl sites for hydroxylation is 1. The van der Waals surface area contributed by atoms with Crippen molar-refractivity contribution in [3.63, 3.8) is 0 Å². The minimum absolute atomic E-state index is 0.107. The third-order valence-electron chi connectivity index (χ3n) is 2.78. The van der Waals surface area contributed by atoms with Crippen LogP contribution in [0.4, 0.5) is 0 Å². The van der Waals surface area contributed by atoms with Gasteiger partial charge in [0.2, 0.25) is 0 Å². The van der Waals surface area contributed by atoms with Crippen LogP contribution in [-0.4, -0.2) is 20.8 Å². The average Bonchev–Trinajstić information content (AvgIpc) is 2.34. The van der Waals surface area contributed by atoms with Gasteiger partial charge in [-0.2, -0.15) is 0 Å². The van der Waals surface area contributed by atoms with Gasteiger partial charge in [0.25, 0.3) is 0 Å². The first-order valence-electron chi connectivity index (χ1n) is 5.82. The monoisotopic (exact) mass is 238 g/mol. The lowest BCUT2D eigenvalue weighted by molar-refractivity contribution is 0.376. The Labute approximate surface area is 103 Å². The average molecular weight is 238 g/mol. The summed E-state index contributed by atoms with van der Waals surface area (Å²) in [6.07, 6.45) is 1.72. The Balaban J connectivity index is 3.09. The van der Waals surface area contributed by atoms with Crippen LogP contribution in [-0.2, 0) is 0 Å². The van der Waals surface area contributed by atoms with Crippen LogP contribution < -0.4 is 20.9 Å². The number of ether oxygens (including phenoxy) is 2. The van der Waals surface area contributed by atoms with Crippen LogP contribution >= 0.6 is 0 Å². The van der Waals surface area contributed by atoms with Crippen LogP contribution in [0.1, 0.15) is 30.0 Å². The molecule has 17 heavy (non-hydrogen) atoms. The fourth-order valence-corrected chi connectivity index (χ4v) is 1.92. The van der Waals surface area contributed by atoms with Gasteiger partial charge in [0.1, 0.15) is 11.5 Å². The summed E-state index contributed by atoms with van der Waals surface area (Å²) in [4.78, 5) is 0. The topological polar surface area (TPSA) is 70.5 Å². The zero-order valence-electron chi connectivity index (χ0n) is 10.8. The standard InChI is InChI=1S/C13H22N2O2/c1-9-7-11(16-2)13(12(8-9)17-3)10(15)5-4-6-14/h7-8,10H,4-6,14-15H2,1-3H3/t10-/m0/s1. The maximum absolute atomic E-state index is 6.17. The molecule has 0 aliphatic heterocycles. The second-order valence-corrected chi connectivity index (χ2v) is 4.12. The summed E-state index contributed by atoms with van der Waals surface area (Å²) in [6, 6.07) is 3.84. The molecule has 0 unspecified atom stereocenters. The number of hydrogen-bond donors (Lipinski definition) is 2. The summed E-state index contributed by atoms with van der Waals surface area (Å²) >= 11 is 0. The van der Waals surface area contributed by atoms with Gasteiger partial charge >= 0.3 is 0 Å². The third kappa shape index (κ3) is 3.35. The van der Waals surface area contributed by atoms with E-state index in [1.54, 1.807) is 14.2 Å². The second-order valence-electron chi connectivity index (χ2n) is 4.12. The Bertz CT molecular complexity index is 341. The first-order chi connectivity index (χ1) is 8.13. The van der Waals surface area contributed by atoms with Crippen molar-refractivity contribution in [3.05, 3.63) is 23.3 Å². The summed E-state index contributed by atoms with van der Waals surface area (Å²) in [5.74, 6) is 1.57. The van der Waals surface area contributed by atoms with Crippen molar-refractivity contribution in [3.8, 4) is 11.5 Å². The molecule has 4 N–H and O–H groups in total. The van der Waals surface area contributed by atoms with Gasteiger partial charge in [0.15, 0.2) is 0 Å². The molecule has 1 aromatic rings. The predicted molar refractivity (Wildman–Crippen MR) is 69.5 cm³/mol. The maximum Gasteiger partial charge on any atom is 0.127 e. The van der Waals surface area contributed by atoms with E-state index < -0.39 is 0 Å². The van der Waals surface area contributed by atoms with Gasteiger partial charge in [0, 0.05) is 6.04 Å². The SMILES string of the molecule is COc1cc(C)cc(OC)c1[C@@H](N)CCCN. The van der Waals surface area contributed by atoms with Crippen LogP contribution in [0.15, 0.2) is 12.1 Å². The van der Waals surface area contributed by atoms with Crippen molar-refractivity contribution in [2.75, 3.05) is 20.8 Å². The number of rotatable bonds is 6. The Hall–Kier alpha value is -1.26. The molecule has 0 spiro atoms. The fraction of sp³-hybridized carbons (Fsp3) is 0.538. The minimum Gasteiger partial charge on any atom is -0.496 e.